The Kier molecular flexibility index (Phi) is 7.17. The lowest BCUT2D eigenvalue weighted by Gasteiger charge is -2.43. The third kappa shape index (κ3) is 5.01. The fourth-order valence-electron chi connectivity index (χ4n) is 8.07. The lowest BCUT2D eigenvalue weighted by atomic mass is 9.68. The van der Waals surface area contributed by atoms with Crippen molar-refractivity contribution in [2.75, 3.05) is 16.8 Å². The fourth-order valence-corrected chi connectivity index (χ4v) is 11.5. The number of carbonyl (C=O) groups excluding carboxylic acids is 3. The maximum absolute atomic E-state index is 13.9. The minimum atomic E-state index is -3.84. The zero-order valence-electron chi connectivity index (χ0n) is 24.6. The number of thiazole rings is 1. The smallest absolute Gasteiger partial charge is 0.305 e. The number of hydrogen-bond donors (Lipinski definition) is 3. The lowest BCUT2D eigenvalue weighted by molar-refractivity contribution is -0.123. The molecule has 11 nitrogen and oxygen atoms in total. The summed E-state index contributed by atoms with van der Waals surface area (Å²) in [5.74, 6) is -0.986. The highest BCUT2D eigenvalue weighted by Crippen LogP contribution is 2.68. The van der Waals surface area contributed by atoms with E-state index in [1.807, 2.05) is 30.3 Å². The average Bonchev–Trinajstić information content (AvgIpc) is 3.79. The average molecular weight is 689 g/mol. The molecule has 14 heteroatoms. The molecule has 1 aromatic heterocycles. The largest absolute Gasteiger partial charge is 0.484 e. The van der Waals surface area contributed by atoms with Gasteiger partial charge in [-0.25, -0.2) is 13.6 Å². The zero-order chi connectivity index (χ0) is 32.6. The van der Waals surface area contributed by atoms with Crippen molar-refractivity contribution >= 4 is 62.2 Å². The first-order chi connectivity index (χ1) is 22.6. The minimum Gasteiger partial charge on any atom is -0.484 e. The molecule has 4 aliphatic rings. The van der Waals surface area contributed by atoms with E-state index >= 15 is 0 Å². The molecule has 4 N–H and O–H groups in total. The molecular weight excluding hydrogens is 661 g/mol. The van der Waals surface area contributed by atoms with E-state index in [1.165, 1.54) is 40.5 Å². The Balaban J connectivity index is 1.02. The first-order valence-corrected chi connectivity index (χ1v) is 18.3. The summed E-state index contributed by atoms with van der Waals surface area (Å²) in [5, 5.41) is 8.69. The third-order valence-corrected chi connectivity index (χ3v) is 13.3. The first kappa shape index (κ1) is 30.1. The molecule has 2 bridgehead atoms. The van der Waals surface area contributed by atoms with Crippen LogP contribution in [-0.2, 0) is 24.4 Å². The third-order valence-electron chi connectivity index (χ3n) is 9.81. The molecule has 47 heavy (non-hydrogen) atoms. The number of primary sulfonamides is 1. The number of nitrogens with one attached hydrogen (secondary N) is 2. The Labute approximate surface area is 277 Å². The van der Waals surface area contributed by atoms with Gasteiger partial charge in [0.05, 0.1) is 27.4 Å². The first-order valence-electron chi connectivity index (χ1n) is 15.1. The SMILES string of the molecule is NS(=O)(=O)c1ccc(NC(=O)COc2ccc([C@@H]3c4sc(=O)[nH]c4S[C@@H]4[C@@H]5C[C@@H]([C@@H]6C(=O)N(c7ccccc7)C(=O)[C@@H]56)[C@H]34)cc2)cc1. The van der Waals surface area contributed by atoms with Crippen molar-refractivity contribution in [2.45, 2.75) is 27.5 Å². The second-order valence-corrected chi connectivity index (χ2v) is 16.0. The molecule has 0 spiro atoms. The van der Waals surface area contributed by atoms with Crippen LogP contribution >= 0.6 is 23.1 Å². The highest BCUT2D eigenvalue weighted by Gasteiger charge is 2.69. The van der Waals surface area contributed by atoms with Gasteiger partial charge in [0.2, 0.25) is 21.8 Å². The number of para-hydroxylation sites is 1. The van der Waals surface area contributed by atoms with Crippen LogP contribution in [0.5, 0.6) is 5.75 Å². The van der Waals surface area contributed by atoms with Crippen LogP contribution in [0.1, 0.15) is 22.8 Å². The van der Waals surface area contributed by atoms with Crippen molar-refractivity contribution in [3.8, 4) is 5.75 Å². The van der Waals surface area contributed by atoms with Crippen LogP contribution in [0.25, 0.3) is 0 Å². The normalized spacial score (nSPS) is 27.3. The van der Waals surface area contributed by atoms with E-state index in [1.54, 1.807) is 36.0 Å². The van der Waals surface area contributed by atoms with Gasteiger partial charge in [0.15, 0.2) is 6.61 Å². The highest BCUT2D eigenvalue weighted by atomic mass is 32.2. The molecule has 2 aliphatic heterocycles. The van der Waals surface area contributed by atoms with Gasteiger partial charge in [0, 0.05) is 21.7 Å². The number of hydrogen-bond acceptors (Lipinski definition) is 9. The Hall–Kier alpha value is -4.24. The van der Waals surface area contributed by atoms with Crippen molar-refractivity contribution < 1.29 is 27.5 Å². The molecule has 0 unspecified atom stereocenters. The van der Waals surface area contributed by atoms with Crippen LogP contribution in [0.2, 0.25) is 0 Å². The maximum atomic E-state index is 13.9. The molecule has 0 radical (unpaired) electrons. The molecule has 3 aromatic carbocycles. The van der Waals surface area contributed by atoms with Crippen LogP contribution in [0.3, 0.4) is 0 Å². The second kappa shape index (κ2) is 11.2. The van der Waals surface area contributed by atoms with E-state index in [0.717, 1.165) is 21.9 Å². The minimum absolute atomic E-state index is 0.00154. The Morgan fingerprint density at radius 2 is 1.62 bits per heavy atom. The molecule has 240 valence electrons. The topological polar surface area (TPSA) is 169 Å². The predicted octanol–water partition coefficient (Wildman–Crippen LogP) is 3.78. The second-order valence-electron chi connectivity index (χ2n) is 12.3. The van der Waals surface area contributed by atoms with Gasteiger partial charge in [-0.1, -0.05) is 41.7 Å². The van der Waals surface area contributed by atoms with E-state index < -0.39 is 15.9 Å². The van der Waals surface area contributed by atoms with Gasteiger partial charge in [0.25, 0.3) is 5.91 Å². The number of amides is 3. The molecule has 8 rings (SSSR count). The summed E-state index contributed by atoms with van der Waals surface area (Å²) in [4.78, 5) is 57.8. The maximum Gasteiger partial charge on any atom is 0.305 e. The number of thioether (sulfide) groups is 1. The number of benzene rings is 3. The van der Waals surface area contributed by atoms with Crippen LogP contribution in [-0.4, -0.2) is 43.0 Å². The van der Waals surface area contributed by atoms with Crippen molar-refractivity contribution in [2.24, 2.45) is 34.7 Å². The molecule has 3 heterocycles. The highest BCUT2D eigenvalue weighted by molar-refractivity contribution is 8.00. The number of ether oxygens (including phenoxy) is 1. The summed E-state index contributed by atoms with van der Waals surface area (Å²) in [5.41, 5.74) is 1.98. The van der Waals surface area contributed by atoms with Crippen LogP contribution in [0, 0.1) is 29.6 Å². The number of aromatic nitrogens is 1. The van der Waals surface area contributed by atoms with E-state index in [0.29, 0.717) is 17.1 Å². The summed E-state index contributed by atoms with van der Waals surface area (Å²) < 4.78 is 28.6. The number of imide groups is 1. The molecule has 7 atom stereocenters. The number of H-pyrrole nitrogens is 1. The molecule has 3 amide bonds. The molecule has 2 aliphatic carbocycles. The predicted molar refractivity (Wildman–Crippen MR) is 176 cm³/mol. The molecular formula is C33H28N4O7S3. The summed E-state index contributed by atoms with van der Waals surface area (Å²) in [6.07, 6.45) is 0.800. The summed E-state index contributed by atoms with van der Waals surface area (Å²) in [6.45, 7) is -0.272. The van der Waals surface area contributed by atoms with E-state index in [4.69, 9.17) is 9.88 Å². The Bertz CT molecular complexity index is 2080. The standard InChI is InChI=1S/C33H28N4O7S3/c34-47(42,43)20-12-8-17(9-13-20)35-23(38)15-44-19-10-6-16(7-11-19)24-25-21-14-22(28(25)45-30-29(24)46-33(41)36-30)27-26(21)31(39)37(32(27)40)18-4-2-1-3-5-18/h1-13,21-22,24-28H,14-15H2,(H,35,38)(H,36,41)(H2,34,42,43)/t21-,22-,24+,25-,26+,27+,28-/m1/s1. The van der Waals surface area contributed by atoms with Gasteiger partial charge in [0.1, 0.15) is 5.75 Å². The number of anilines is 2. The molecule has 2 saturated carbocycles. The fraction of sp³-hybridized carbons (Fsp3) is 0.273. The lowest BCUT2D eigenvalue weighted by Crippen LogP contribution is -2.42. The van der Waals surface area contributed by atoms with Gasteiger partial charge in [-0.3, -0.25) is 24.1 Å². The van der Waals surface area contributed by atoms with Gasteiger partial charge < -0.3 is 15.0 Å². The number of rotatable bonds is 7. The Morgan fingerprint density at radius 3 is 2.30 bits per heavy atom. The molecule has 3 fully saturated rings. The number of sulfonamides is 1. The number of nitrogens with zero attached hydrogens (tertiary/aromatic N) is 1. The van der Waals surface area contributed by atoms with Crippen LogP contribution < -0.4 is 25.0 Å². The van der Waals surface area contributed by atoms with Gasteiger partial charge in [-0.05, 0) is 78.3 Å². The number of nitrogens with two attached hydrogens (primary N) is 1. The summed E-state index contributed by atoms with van der Waals surface area (Å²) in [7, 11) is -3.84. The van der Waals surface area contributed by atoms with Crippen molar-refractivity contribution in [1.82, 2.24) is 4.98 Å². The molecule has 1 saturated heterocycles. The van der Waals surface area contributed by atoms with Gasteiger partial charge >= 0.3 is 4.87 Å². The van der Waals surface area contributed by atoms with Crippen molar-refractivity contribution in [1.29, 1.82) is 0 Å². The van der Waals surface area contributed by atoms with Crippen molar-refractivity contribution in [3.63, 3.8) is 0 Å². The van der Waals surface area contributed by atoms with Crippen molar-refractivity contribution in [3.05, 3.63) is 99.0 Å². The monoisotopic (exact) mass is 688 g/mol. The number of fused-ring (bicyclic) bond motifs is 9. The van der Waals surface area contributed by atoms with Gasteiger partial charge in [-0.15, -0.1) is 11.8 Å². The van der Waals surface area contributed by atoms with E-state index in [9.17, 15) is 27.6 Å². The summed E-state index contributed by atoms with van der Waals surface area (Å²) in [6, 6.07) is 22.1. The zero-order valence-corrected chi connectivity index (χ0v) is 27.0. The summed E-state index contributed by atoms with van der Waals surface area (Å²) >= 11 is 2.84. The van der Waals surface area contributed by atoms with E-state index in [-0.39, 0.29) is 68.9 Å². The van der Waals surface area contributed by atoms with E-state index in [2.05, 4.69) is 10.3 Å². The van der Waals surface area contributed by atoms with Crippen LogP contribution in [0.4, 0.5) is 11.4 Å². The number of carbonyl (C=O) groups is 3. The molecule has 4 aromatic rings. The quantitative estimate of drug-likeness (QED) is 0.247. The van der Waals surface area contributed by atoms with Gasteiger partial charge in [-0.2, -0.15) is 0 Å². The number of aromatic amines is 1. The Morgan fingerprint density at radius 1 is 0.936 bits per heavy atom. The van der Waals surface area contributed by atoms with Crippen LogP contribution in [0.15, 0.2) is 93.6 Å².